The Hall–Kier alpha value is -4.97. The van der Waals surface area contributed by atoms with E-state index in [1.807, 2.05) is 43.3 Å². The smallest absolute Gasteiger partial charge is 0.255 e. The topological polar surface area (TPSA) is 149 Å². The van der Waals surface area contributed by atoms with E-state index in [0.717, 1.165) is 21.9 Å². The van der Waals surface area contributed by atoms with Crippen molar-refractivity contribution in [3.8, 4) is 34.7 Å². The van der Waals surface area contributed by atoms with Crippen molar-refractivity contribution in [2.45, 2.75) is 12.8 Å². The number of hydrogen-bond donors (Lipinski definition) is 3. The van der Waals surface area contributed by atoms with Crippen molar-refractivity contribution < 1.29 is 19.0 Å². The largest absolute Gasteiger partial charge is 0.490 e. The van der Waals surface area contributed by atoms with E-state index in [2.05, 4.69) is 22.3 Å². The summed E-state index contributed by atoms with van der Waals surface area (Å²) in [5.41, 5.74) is 14.6. The van der Waals surface area contributed by atoms with Crippen LogP contribution in [0.25, 0.3) is 22.0 Å². The van der Waals surface area contributed by atoms with Gasteiger partial charge in [-0.25, -0.2) is 0 Å². The second kappa shape index (κ2) is 9.35. The minimum absolute atomic E-state index is 0.0152. The fourth-order valence-electron chi connectivity index (χ4n) is 4.38. The van der Waals surface area contributed by atoms with E-state index in [0.29, 0.717) is 35.2 Å². The summed E-state index contributed by atoms with van der Waals surface area (Å²) in [5, 5.41) is 19.6. The maximum absolute atomic E-state index is 11.2. The lowest BCUT2D eigenvalue weighted by atomic mass is 9.82. The van der Waals surface area contributed by atoms with Crippen molar-refractivity contribution in [2.24, 2.45) is 11.5 Å². The van der Waals surface area contributed by atoms with Gasteiger partial charge in [0.15, 0.2) is 18.1 Å². The van der Waals surface area contributed by atoms with Gasteiger partial charge in [0.25, 0.3) is 5.91 Å². The van der Waals surface area contributed by atoms with Crippen LogP contribution in [0.15, 0.2) is 72.1 Å². The Kier molecular flexibility index (Phi) is 5.92. The summed E-state index contributed by atoms with van der Waals surface area (Å²) in [6.45, 7) is 1.92. The van der Waals surface area contributed by atoms with Crippen LogP contribution in [0.4, 0.5) is 0 Å². The summed E-state index contributed by atoms with van der Waals surface area (Å²) in [6.07, 6.45) is 0. The monoisotopic (exact) mass is 481 g/mol. The van der Waals surface area contributed by atoms with E-state index in [-0.39, 0.29) is 18.1 Å². The minimum Gasteiger partial charge on any atom is -0.490 e. The summed E-state index contributed by atoms with van der Waals surface area (Å²) >= 11 is 0. The molecular formula is C27H23N5O4. The molecule has 1 aromatic heterocycles. The van der Waals surface area contributed by atoms with E-state index in [4.69, 9.17) is 25.7 Å². The Labute approximate surface area is 206 Å². The molecule has 0 unspecified atom stereocenters. The van der Waals surface area contributed by atoms with Crippen LogP contribution in [0.3, 0.4) is 0 Å². The number of nitrogens with zero attached hydrogens (tertiary/aromatic N) is 2. The predicted molar refractivity (Wildman–Crippen MR) is 133 cm³/mol. The Morgan fingerprint density at radius 2 is 1.92 bits per heavy atom. The molecule has 5 rings (SSSR count). The molecule has 1 atom stereocenters. The maximum Gasteiger partial charge on any atom is 0.255 e. The van der Waals surface area contributed by atoms with Crippen LogP contribution in [0.2, 0.25) is 0 Å². The zero-order valence-electron chi connectivity index (χ0n) is 19.4. The summed E-state index contributed by atoms with van der Waals surface area (Å²) in [5.74, 6) is -0.120. The van der Waals surface area contributed by atoms with Crippen LogP contribution < -0.4 is 25.7 Å². The lowest BCUT2D eigenvalue weighted by Crippen LogP contribution is -2.21. The van der Waals surface area contributed by atoms with Gasteiger partial charge in [0, 0.05) is 5.56 Å². The third-order valence-corrected chi connectivity index (χ3v) is 5.95. The van der Waals surface area contributed by atoms with Crippen molar-refractivity contribution in [2.75, 3.05) is 13.2 Å². The molecule has 1 aliphatic rings. The molecule has 2 heterocycles. The highest BCUT2D eigenvalue weighted by Gasteiger charge is 2.36. The van der Waals surface area contributed by atoms with Gasteiger partial charge in [0.2, 0.25) is 11.8 Å². The molecule has 0 saturated carbocycles. The molecule has 0 spiro atoms. The van der Waals surface area contributed by atoms with Crippen molar-refractivity contribution in [1.82, 2.24) is 10.2 Å². The number of aromatic amines is 1. The third kappa shape index (κ3) is 4.05. The van der Waals surface area contributed by atoms with Crippen molar-refractivity contribution in [3.63, 3.8) is 0 Å². The number of nitrogens with one attached hydrogen (secondary N) is 1. The maximum atomic E-state index is 11.2. The van der Waals surface area contributed by atoms with Crippen LogP contribution in [-0.4, -0.2) is 29.3 Å². The Morgan fingerprint density at radius 1 is 1.11 bits per heavy atom. The minimum atomic E-state index is -0.600. The molecule has 9 heteroatoms. The van der Waals surface area contributed by atoms with E-state index in [9.17, 15) is 10.1 Å². The van der Waals surface area contributed by atoms with Crippen molar-refractivity contribution in [3.05, 3.63) is 83.2 Å². The number of carbonyl (C=O) groups excluding carboxylic acids is 1. The van der Waals surface area contributed by atoms with Crippen LogP contribution in [-0.2, 0) is 4.79 Å². The molecule has 0 radical (unpaired) electrons. The van der Waals surface area contributed by atoms with E-state index < -0.39 is 11.8 Å². The Balaban J connectivity index is 1.65. The normalized spacial score (nSPS) is 14.6. The second-order valence-corrected chi connectivity index (χ2v) is 8.20. The molecule has 36 heavy (non-hydrogen) atoms. The van der Waals surface area contributed by atoms with Crippen LogP contribution >= 0.6 is 0 Å². The van der Waals surface area contributed by atoms with E-state index >= 15 is 0 Å². The number of nitriles is 1. The van der Waals surface area contributed by atoms with E-state index in [1.165, 1.54) is 0 Å². The molecule has 5 N–H and O–H groups in total. The number of fused-ring (bicyclic) bond motifs is 2. The van der Waals surface area contributed by atoms with Crippen molar-refractivity contribution >= 4 is 16.7 Å². The number of benzene rings is 3. The van der Waals surface area contributed by atoms with Crippen LogP contribution in [0.1, 0.15) is 24.0 Å². The molecule has 3 aromatic carbocycles. The van der Waals surface area contributed by atoms with Gasteiger partial charge in [0.05, 0.1) is 23.8 Å². The predicted octanol–water partition coefficient (Wildman–Crippen LogP) is 3.71. The second-order valence-electron chi connectivity index (χ2n) is 8.20. The third-order valence-electron chi connectivity index (χ3n) is 5.95. The highest BCUT2D eigenvalue weighted by molar-refractivity contribution is 5.87. The summed E-state index contributed by atoms with van der Waals surface area (Å²) < 4.78 is 17.0. The molecular weight excluding hydrogens is 458 g/mol. The number of amides is 1. The first kappa shape index (κ1) is 22.8. The molecule has 180 valence electrons. The average molecular weight is 482 g/mol. The zero-order valence-corrected chi connectivity index (χ0v) is 19.4. The van der Waals surface area contributed by atoms with Gasteiger partial charge in [-0.1, -0.05) is 42.5 Å². The lowest BCUT2D eigenvalue weighted by molar-refractivity contribution is -0.119. The number of H-pyrrole nitrogens is 1. The van der Waals surface area contributed by atoms with Gasteiger partial charge in [-0.15, -0.1) is 5.10 Å². The van der Waals surface area contributed by atoms with Gasteiger partial charge >= 0.3 is 0 Å². The number of carbonyl (C=O) groups is 1. The number of hydrogen-bond acceptors (Lipinski definition) is 7. The molecule has 0 aliphatic carbocycles. The summed E-state index contributed by atoms with van der Waals surface area (Å²) in [4.78, 5) is 11.2. The van der Waals surface area contributed by atoms with Gasteiger partial charge in [-0.2, -0.15) is 5.26 Å². The average Bonchev–Trinajstić information content (AvgIpc) is 3.30. The molecule has 0 saturated heterocycles. The first-order chi connectivity index (χ1) is 17.5. The first-order valence-electron chi connectivity index (χ1n) is 11.3. The fraction of sp³-hybridized carbons (Fsp3) is 0.148. The van der Waals surface area contributed by atoms with E-state index in [1.54, 1.807) is 18.2 Å². The standard InChI is InChI=1S/C27H23N5O4/c1-2-34-21-12-17(9-10-20(21)35-14-22(29)33)23-19(13-28)26(30)36-27-24(23)25(31-32-27)18-8-7-15-5-3-4-6-16(15)11-18/h3-12,23H,2,14,30H2,1H3,(H2,29,33)(H,31,32)/t23-/m0/s1. The number of nitrogens with two attached hydrogens (primary N) is 2. The van der Waals surface area contributed by atoms with Crippen LogP contribution in [0, 0.1) is 11.3 Å². The molecule has 4 aromatic rings. The number of allylic oxidation sites excluding steroid dienone is 1. The Bertz CT molecular complexity index is 1550. The molecule has 1 amide bonds. The number of primary amides is 1. The number of rotatable bonds is 7. The zero-order chi connectivity index (χ0) is 25.2. The lowest BCUT2D eigenvalue weighted by Gasteiger charge is -2.25. The molecule has 1 aliphatic heterocycles. The molecule has 9 nitrogen and oxygen atoms in total. The fourth-order valence-corrected chi connectivity index (χ4v) is 4.38. The van der Waals surface area contributed by atoms with Gasteiger partial charge in [0.1, 0.15) is 11.6 Å². The molecule has 0 bridgehead atoms. The highest BCUT2D eigenvalue weighted by Crippen LogP contribution is 2.47. The summed E-state index contributed by atoms with van der Waals surface area (Å²) in [6, 6.07) is 21.6. The van der Waals surface area contributed by atoms with Gasteiger partial charge < -0.3 is 25.7 Å². The SMILES string of the molecule is CCOc1cc([C@H]2C(C#N)=C(N)Oc3n[nH]c(-c4ccc5ccccc5c4)c32)ccc1OCC(N)=O. The Morgan fingerprint density at radius 3 is 2.67 bits per heavy atom. The molecule has 0 fully saturated rings. The highest BCUT2D eigenvalue weighted by atomic mass is 16.5. The number of aromatic nitrogens is 2. The quantitative estimate of drug-likeness (QED) is 0.364. The van der Waals surface area contributed by atoms with Crippen molar-refractivity contribution in [1.29, 1.82) is 5.26 Å². The number of ether oxygens (including phenoxy) is 3. The van der Waals surface area contributed by atoms with Gasteiger partial charge in [-0.3, -0.25) is 9.89 Å². The first-order valence-corrected chi connectivity index (χ1v) is 11.3. The van der Waals surface area contributed by atoms with Gasteiger partial charge in [-0.05, 0) is 41.5 Å². The van der Waals surface area contributed by atoms with Crippen LogP contribution in [0.5, 0.6) is 17.4 Å². The summed E-state index contributed by atoms with van der Waals surface area (Å²) in [7, 11) is 0.